The minimum atomic E-state index is -1.16. The van der Waals surface area contributed by atoms with Crippen LogP contribution in [-0.4, -0.2) is 48.1 Å². The maximum Gasteiger partial charge on any atom is 0.431 e. The van der Waals surface area contributed by atoms with Crippen molar-refractivity contribution in [3.63, 3.8) is 0 Å². The van der Waals surface area contributed by atoms with E-state index >= 15 is 0 Å². The molecule has 2 aromatic heterocycles. The van der Waals surface area contributed by atoms with Gasteiger partial charge in [-0.3, -0.25) is 13.9 Å². The third-order valence-electron chi connectivity index (χ3n) is 6.91. The number of hydrogen-bond acceptors (Lipinski definition) is 8. The number of fused-ring (bicyclic) bond motifs is 1. The monoisotopic (exact) mass is 588 g/mol. The topological polar surface area (TPSA) is 130 Å². The van der Waals surface area contributed by atoms with E-state index in [1.165, 1.54) is 15.5 Å². The van der Waals surface area contributed by atoms with Gasteiger partial charge in [-0.1, -0.05) is 60.7 Å². The number of amides is 1. The van der Waals surface area contributed by atoms with E-state index in [4.69, 9.17) is 9.47 Å². The SMILES string of the molecule is CCOC(=O)C(c1ccccc1)N(/N=C(\C)CCCCn1c(=O)c2c(ncn2C)n(C)c1=O)C(=O)OCc1ccccc1. The number of hydrazone groups is 1. The summed E-state index contributed by atoms with van der Waals surface area (Å²) >= 11 is 0. The number of aromatic nitrogens is 4. The van der Waals surface area contributed by atoms with Gasteiger partial charge in [0.2, 0.25) is 0 Å². The average molecular weight is 589 g/mol. The van der Waals surface area contributed by atoms with Crippen molar-refractivity contribution in [2.24, 2.45) is 19.2 Å². The van der Waals surface area contributed by atoms with Crippen LogP contribution >= 0.6 is 0 Å². The normalized spacial score (nSPS) is 12.2. The number of imidazole rings is 1. The number of aryl methyl sites for hydroxylation is 2. The Bertz CT molecular complexity index is 1710. The van der Waals surface area contributed by atoms with Crippen molar-refractivity contribution in [3.05, 3.63) is 99.0 Å². The standard InChI is InChI=1S/C31H36N6O6/c1-5-42-29(39)25(24-17-10-7-11-18-24)37(31(41)43-20-23-15-8-6-9-16-23)33-22(2)14-12-13-19-36-28(38)26-27(32-21-34(26)3)35(4)30(36)40/h6-11,15-18,21,25H,5,12-14,19-20H2,1-4H3/b33-22+. The van der Waals surface area contributed by atoms with Crippen molar-refractivity contribution >= 4 is 28.9 Å². The van der Waals surface area contributed by atoms with Crippen molar-refractivity contribution in [3.8, 4) is 0 Å². The van der Waals surface area contributed by atoms with Gasteiger partial charge in [-0.15, -0.1) is 0 Å². The summed E-state index contributed by atoms with van der Waals surface area (Å²) in [6.07, 6.45) is 2.21. The number of rotatable bonds is 12. The van der Waals surface area contributed by atoms with Crippen LogP contribution < -0.4 is 11.2 Å². The van der Waals surface area contributed by atoms with Gasteiger partial charge < -0.3 is 14.0 Å². The summed E-state index contributed by atoms with van der Waals surface area (Å²) in [4.78, 5) is 56.5. The van der Waals surface area contributed by atoms with Crippen LogP contribution in [0.3, 0.4) is 0 Å². The van der Waals surface area contributed by atoms with E-state index in [1.54, 1.807) is 56.8 Å². The number of carbonyl (C=O) groups is 2. The Kier molecular flexibility index (Phi) is 10.3. The molecule has 0 aliphatic carbocycles. The molecule has 12 nitrogen and oxygen atoms in total. The third kappa shape index (κ3) is 7.26. The van der Waals surface area contributed by atoms with Gasteiger partial charge in [-0.2, -0.15) is 10.1 Å². The van der Waals surface area contributed by atoms with Crippen LogP contribution in [0, 0.1) is 0 Å². The number of ether oxygens (including phenoxy) is 2. The lowest BCUT2D eigenvalue weighted by Gasteiger charge is -2.26. The van der Waals surface area contributed by atoms with Gasteiger partial charge in [0.1, 0.15) is 6.61 Å². The summed E-state index contributed by atoms with van der Waals surface area (Å²) in [5.74, 6) is -0.636. The van der Waals surface area contributed by atoms with E-state index in [0.717, 1.165) is 10.6 Å². The lowest BCUT2D eigenvalue weighted by atomic mass is 10.1. The van der Waals surface area contributed by atoms with Crippen molar-refractivity contribution in [2.45, 2.75) is 52.3 Å². The average Bonchev–Trinajstić information content (AvgIpc) is 3.40. The van der Waals surface area contributed by atoms with E-state index < -0.39 is 29.4 Å². The number of benzene rings is 2. The summed E-state index contributed by atoms with van der Waals surface area (Å²) in [6, 6.07) is 16.8. The predicted molar refractivity (Wildman–Crippen MR) is 161 cm³/mol. The molecule has 2 heterocycles. The molecule has 12 heteroatoms. The minimum Gasteiger partial charge on any atom is -0.464 e. The molecule has 0 saturated carbocycles. The van der Waals surface area contributed by atoms with Gasteiger partial charge in [0.05, 0.1) is 12.9 Å². The molecule has 0 bridgehead atoms. The fourth-order valence-electron chi connectivity index (χ4n) is 4.70. The highest BCUT2D eigenvalue weighted by molar-refractivity contribution is 5.86. The summed E-state index contributed by atoms with van der Waals surface area (Å²) in [6.45, 7) is 3.77. The highest BCUT2D eigenvalue weighted by atomic mass is 16.6. The molecule has 226 valence electrons. The molecular weight excluding hydrogens is 552 g/mol. The Balaban J connectivity index is 1.53. The van der Waals surface area contributed by atoms with Crippen molar-refractivity contribution in [2.75, 3.05) is 6.61 Å². The quantitative estimate of drug-likeness (QED) is 0.106. The molecule has 4 rings (SSSR count). The van der Waals surface area contributed by atoms with Crippen molar-refractivity contribution in [1.82, 2.24) is 23.7 Å². The fraction of sp³-hybridized carbons (Fsp3) is 0.355. The van der Waals surface area contributed by atoms with Gasteiger partial charge in [0.15, 0.2) is 17.2 Å². The molecule has 0 N–H and O–H groups in total. The second kappa shape index (κ2) is 14.3. The molecule has 4 aromatic rings. The highest BCUT2D eigenvalue weighted by Gasteiger charge is 2.34. The molecule has 0 spiro atoms. The number of esters is 1. The maximum absolute atomic E-state index is 13.4. The molecule has 0 aliphatic rings. The molecule has 2 aromatic carbocycles. The maximum atomic E-state index is 13.4. The molecule has 1 amide bonds. The van der Waals surface area contributed by atoms with Crippen LogP contribution in [0.1, 0.15) is 50.3 Å². The zero-order valence-electron chi connectivity index (χ0n) is 24.8. The molecule has 0 aliphatic heterocycles. The van der Waals surface area contributed by atoms with Crippen LogP contribution in [-0.2, 0) is 41.5 Å². The van der Waals surface area contributed by atoms with Gasteiger partial charge >= 0.3 is 17.8 Å². The van der Waals surface area contributed by atoms with Crippen LogP contribution in [0.25, 0.3) is 11.2 Å². The molecule has 0 fully saturated rings. The van der Waals surface area contributed by atoms with E-state index in [0.29, 0.717) is 41.7 Å². The zero-order valence-corrected chi connectivity index (χ0v) is 24.8. The number of unbranched alkanes of at least 4 members (excludes halogenated alkanes) is 1. The molecule has 0 saturated heterocycles. The van der Waals surface area contributed by atoms with Crippen LogP contribution in [0.15, 0.2) is 81.7 Å². The molecular formula is C31H36N6O6. The van der Waals surface area contributed by atoms with E-state index in [1.807, 2.05) is 36.4 Å². The molecule has 1 unspecified atom stereocenters. The van der Waals surface area contributed by atoms with Crippen LogP contribution in [0.4, 0.5) is 4.79 Å². The van der Waals surface area contributed by atoms with Crippen LogP contribution in [0.5, 0.6) is 0 Å². The smallest absolute Gasteiger partial charge is 0.431 e. The van der Waals surface area contributed by atoms with E-state index in [9.17, 15) is 19.2 Å². The molecule has 43 heavy (non-hydrogen) atoms. The van der Waals surface area contributed by atoms with Gasteiger partial charge in [0.25, 0.3) is 5.56 Å². The van der Waals surface area contributed by atoms with E-state index in [2.05, 4.69) is 10.1 Å². The Labute approximate surface area is 248 Å². The summed E-state index contributed by atoms with van der Waals surface area (Å²) in [5, 5.41) is 5.57. The first-order valence-corrected chi connectivity index (χ1v) is 14.1. The second-order valence-corrected chi connectivity index (χ2v) is 10.1. The first-order chi connectivity index (χ1) is 20.7. The molecule has 1 atom stereocenters. The predicted octanol–water partition coefficient (Wildman–Crippen LogP) is 3.92. The highest BCUT2D eigenvalue weighted by Crippen LogP contribution is 2.25. The fourth-order valence-corrected chi connectivity index (χ4v) is 4.70. The number of carbonyl (C=O) groups excluding carboxylic acids is 2. The van der Waals surface area contributed by atoms with Crippen molar-refractivity contribution < 1.29 is 19.1 Å². The van der Waals surface area contributed by atoms with E-state index in [-0.39, 0.29) is 19.8 Å². The Hall–Kier alpha value is -5.00. The van der Waals surface area contributed by atoms with Gasteiger partial charge in [-0.25, -0.2) is 19.4 Å². The zero-order chi connectivity index (χ0) is 30.9. The summed E-state index contributed by atoms with van der Waals surface area (Å²) < 4.78 is 15.1. The van der Waals surface area contributed by atoms with Gasteiger partial charge in [0, 0.05) is 26.4 Å². The number of nitrogens with zero attached hydrogens (tertiary/aromatic N) is 6. The first-order valence-electron chi connectivity index (χ1n) is 14.1. The Morgan fingerprint density at radius 2 is 1.65 bits per heavy atom. The minimum absolute atomic E-state index is 0.000207. The number of hydrogen-bond donors (Lipinski definition) is 0. The first kappa shape index (κ1) is 30.9. The van der Waals surface area contributed by atoms with Gasteiger partial charge in [-0.05, 0) is 44.2 Å². The Morgan fingerprint density at radius 1 is 0.977 bits per heavy atom. The lowest BCUT2D eigenvalue weighted by Crippen LogP contribution is -2.39. The molecule has 0 radical (unpaired) electrons. The van der Waals surface area contributed by atoms with Crippen molar-refractivity contribution in [1.29, 1.82) is 0 Å². The van der Waals surface area contributed by atoms with Crippen LogP contribution in [0.2, 0.25) is 0 Å². The third-order valence-corrected chi connectivity index (χ3v) is 6.91. The Morgan fingerprint density at radius 3 is 2.33 bits per heavy atom. The summed E-state index contributed by atoms with van der Waals surface area (Å²) in [7, 11) is 3.30. The summed E-state index contributed by atoms with van der Waals surface area (Å²) in [5.41, 5.74) is 1.74. The second-order valence-electron chi connectivity index (χ2n) is 10.1. The largest absolute Gasteiger partial charge is 0.464 e. The lowest BCUT2D eigenvalue weighted by molar-refractivity contribution is -0.149.